The Morgan fingerprint density at radius 2 is 1.90 bits per heavy atom. The maximum atomic E-state index is 12.4. The molecule has 0 radical (unpaired) electrons. The van der Waals surface area contributed by atoms with Crippen LogP contribution in [0, 0.1) is 0 Å². The van der Waals surface area contributed by atoms with Gasteiger partial charge in [0.2, 0.25) is 10.0 Å². The minimum atomic E-state index is -3.56. The largest absolute Gasteiger partial charge is 0.308 e. The Hall–Kier alpha value is -1.96. The van der Waals surface area contributed by atoms with E-state index in [0.29, 0.717) is 12.4 Å². The molecule has 6 nitrogen and oxygen atoms in total. The van der Waals surface area contributed by atoms with Crippen molar-refractivity contribution in [3.63, 3.8) is 0 Å². The molecule has 2 aromatic rings. The van der Waals surface area contributed by atoms with Gasteiger partial charge in [0.1, 0.15) is 10.7 Å². The molecule has 0 spiro atoms. The molecule has 2 rings (SSSR count). The highest BCUT2D eigenvalue weighted by Gasteiger charge is 2.21. The van der Waals surface area contributed by atoms with Crippen molar-refractivity contribution in [1.82, 2.24) is 9.29 Å². The molecule has 0 unspecified atom stereocenters. The Labute approximate surface area is 118 Å². The number of pyridine rings is 1. The molecule has 0 saturated heterocycles. The van der Waals surface area contributed by atoms with Crippen molar-refractivity contribution < 1.29 is 8.42 Å². The molecule has 0 fully saturated rings. The van der Waals surface area contributed by atoms with E-state index in [1.54, 1.807) is 0 Å². The summed E-state index contributed by atoms with van der Waals surface area (Å²) in [5, 5.41) is 0. The van der Waals surface area contributed by atoms with Crippen LogP contribution in [0.4, 0.5) is 5.82 Å². The number of nitrogens with zero attached hydrogens (tertiary/aromatic N) is 2. The Balaban J connectivity index is 2.20. The van der Waals surface area contributed by atoms with Crippen LogP contribution < -0.4 is 11.3 Å². The second kappa shape index (κ2) is 6.00. The van der Waals surface area contributed by atoms with Crippen LogP contribution in [0.1, 0.15) is 5.56 Å². The molecular weight excluding hydrogens is 276 g/mol. The minimum Gasteiger partial charge on any atom is -0.308 e. The van der Waals surface area contributed by atoms with Gasteiger partial charge < -0.3 is 5.43 Å². The fourth-order valence-electron chi connectivity index (χ4n) is 1.72. The molecule has 1 heterocycles. The monoisotopic (exact) mass is 292 g/mol. The number of benzene rings is 1. The van der Waals surface area contributed by atoms with E-state index in [1.165, 1.54) is 29.7 Å². The van der Waals surface area contributed by atoms with Crippen LogP contribution in [-0.4, -0.2) is 24.8 Å². The van der Waals surface area contributed by atoms with Crippen molar-refractivity contribution in [1.29, 1.82) is 0 Å². The second-order valence-electron chi connectivity index (χ2n) is 4.27. The number of anilines is 1. The van der Waals surface area contributed by atoms with Crippen molar-refractivity contribution in [2.45, 2.75) is 11.4 Å². The Bertz CT molecular complexity index is 657. The van der Waals surface area contributed by atoms with E-state index in [9.17, 15) is 8.42 Å². The van der Waals surface area contributed by atoms with E-state index in [1.807, 2.05) is 30.3 Å². The van der Waals surface area contributed by atoms with Gasteiger partial charge in [-0.1, -0.05) is 30.3 Å². The highest BCUT2D eigenvalue weighted by molar-refractivity contribution is 7.89. The van der Waals surface area contributed by atoms with Crippen LogP contribution in [0.2, 0.25) is 0 Å². The summed E-state index contributed by atoms with van der Waals surface area (Å²) in [5.41, 5.74) is 3.28. The number of rotatable bonds is 5. The van der Waals surface area contributed by atoms with Crippen LogP contribution in [0.25, 0.3) is 0 Å². The molecule has 0 aliphatic rings. The molecule has 106 valence electrons. The number of hydrogen-bond acceptors (Lipinski definition) is 5. The summed E-state index contributed by atoms with van der Waals surface area (Å²) < 4.78 is 26.0. The predicted octanol–water partition coefficient (Wildman–Crippen LogP) is 1.19. The van der Waals surface area contributed by atoms with E-state index in [-0.39, 0.29) is 4.90 Å². The summed E-state index contributed by atoms with van der Waals surface area (Å²) >= 11 is 0. The number of hydrogen-bond donors (Lipinski definition) is 2. The molecule has 1 aromatic carbocycles. The smallest absolute Gasteiger partial charge is 0.244 e. The number of hydrazine groups is 1. The molecule has 0 amide bonds. The normalized spacial score (nSPS) is 11.6. The van der Waals surface area contributed by atoms with Crippen molar-refractivity contribution in [3.8, 4) is 0 Å². The minimum absolute atomic E-state index is 0.134. The van der Waals surface area contributed by atoms with Crippen molar-refractivity contribution in [3.05, 3.63) is 54.2 Å². The molecule has 7 heteroatoms. The van der Waals surface area contributed by atoms with E-state index in [4.69, 9.17) is 5.84 Å². The van der Waals surface area contributed by atoms with Gasteiger partial charge in [0, 0.05) is 19.8 Å². The van der Waals surface area contributed by atoms with Crippen LogP contribution >= 0.6 is 0 Å². The van der Waals surface area contributed by atoms with E-state index in [2.05, 4.69) is 10.4 Å². The SMILES string of the molecule is CN(Cc1ccccc1)S(=O)(=O)c1ccc(NN)nc1. The van der Waals surface area contributed by atoms with Crippen molar-refractivity contribution in [2.75, 3.05) is 12.5 Å². The summed E-state index contributed by atoms with van der Waals surface area (Å²) in [6, 6.07) is 12.4. The van der Waals surface area contributed by atoms with Gasteiger partial charge in [-0.25, -0.2) is 19.2 Å². The Morgan fingerprint density at radius 1 is 1.20 bits per heavy atom. The second-order valence-corrected chi connectivity index (χ2v) is 6.32. The first-order valence-corrected chi connectivity index (χ1v) is 7.41. The average molecular weight is 292 g/mol. The standard InChI is InChI=1S/C13H16N4O2S/c1-17(10-11-5-3-2-4-6-11)20(18,19)12-7-8-13(16-14)15-9-12/h2-9H,10,14H2,1H3,(H,15,16). The summed E-state index contributed by atoms with van der Waals surface area (Å²) in [7, 11) is -2.02. The third-order valence-electron chi connectivity index (χ3n) is 2.84. The first kappa shape index (κ1) is 14.4. The van der Waals surface area contributed by atoms with Crippen LogP contribution in [-0.2, 0) is 16.6 Å². The van der Waals surface area contributed by atoms with Gasteiger partial charge in [-0.15, -0.1) is 0 Å². The van der Waals surface area contributed by atoms with E-state index >= 15 is 0 Å². The number of aromatic nitrogens is 1. The maximum Gasteiger partial charge on any atom is 0.244 e. The summed E-state index contributed by atoms with van der Waals surface area (Å²) in [5.74, 6) is 5.61. The number of nitrogen functional groups attached to an aromatic ring is 1. The summed E-state index contributed by atoms with van der Waals surface area (Å²) in [6.07, 6.45) is 1.28. The first-order chi connectivity index (χ1) is 9.54. The Kier molecular flexibility index (Phi) is 4.33. The third kappa shape index (κ3) is 3.13. The topological polar surface area (TPSA) is 88.3 Å². The number of nitrogens with one attached hydrogen (secondary N) is 1. The lowest BCUT2D eigenvalue weighted by Crippen LogP contribution is -2.26. The molecule has 0 bridgehead atoms. The molecule has 0 aliphatic carbocycles. The lowest BCUT2D eigenvalue weighted by atomic mass is 10.2. The van der Waals surface area contributed by atoms with E-state index < -0.39 is 10.0 Å². The van der Waals surface area contributed by atoms with Gasteiger partial charge in [0.25, 0.3) is 0 Å². The number of nitrogens with two attached hydrogens (primary N) is 1. The zero-order valence-electron chi connectivity index (χ0n) is 11.0. The molecule has 20 heavy (non-hydrogen) atoms. The molecule has 0 saturated carbocycles. The fraction of sp³-hybridized carbons (Fsp3) is 0.154. The van der Waals surface area contributed by atoms with Gasteiger partial charge >= 0.3 is 0 Å². The lowest BCUT2D eigenvalue weighted by Gasteiger charge is -2.17. The molecule has 0 aliphatic heterocycles. The fourth-order valence-corrected chi connectivity index (χ4v) is 2.83. The highest BCUT2D eigenvalue weighted by atomic mass is 32.2. The zero-order valence-corrected chi connectivity index (χ0v) is 11.8. The molecule has 0 atom stereocenters. The van der Waals surface area contributed by atoms with Crippen LogP contribution in [0.15, 0.2) is 53.6 Å². The van der Waals surface area contributed by atoms with Gasteiger partial charge in [0.05, 0.1) is 0 Å². The van der Waals surface area contributed by atoms with E-state index in [0.717, 1.165) is 5.56 Å². The van der Waals surface area contributed by atoms with Crippen molar-refractivity contribution in [2.24, 2.45) is 5.84 Å². The van der Waals surface area contributed by atoms with Gasteiger partial charge in [-0.3, -0.25) is 0 Å². The third-order valence-corrected chi connectivity index (χ3v) is 4.63. The summed E-state index contributed by atoms with van der Waals surface area (Å²) in [6.45, 7) is 0.306. The van der Waals surface area contributed by atoms with Crippen LogP contribution in [0.3, 0.4) is 0 Å². The lowest BCUT2D eigenvalue weighted by molar-refractivity contribution is 0.466. The van der Waals surface area contributed by atoms with Gasteiger partial charge in [0.15, 0.2) is 0 Å². The Morgan fingerprint density at radius 3 is 2.45 bits per heavy atom. The first-order valence-electron chi connectivity index (χ1n) is 5.97. The number of sulfonamides is 1. The average Bonchev–Trinajstić information content (AvgIpc) is 2.48. The molecule has 1 aromatic heterocycles. The van der Waals surface area contributed by atoms with Gasteiger partial charge in [-0.2, -0.15) is 4.31 Å². The predicted molar refractivity (Wildman–Crippen MR) is 77.1 cm³/mol. The zero-order chi connectivity index (χ0) is 14.6. The van der Waals surface area contributed by atoms with Gasteiger partial charge in [-0.05, 0) is 17.7 Å². The maximum absolute atomic E-state index is 12.4. The summed E-state index contributed by atoms with van der Waals surface area (Å²) in [4.78, 5) is 4.05. The van der Waals surface area contributed by atoms with Crippen LogP contribution in [0.5, 0.6) is 0 Å². The highest BCUT2D eigenvalue weighted by Crippen LogP contribution is 2.16. The quantitative estimate of drug-likeness (QED) is 0.638. The van der Waals surface area contributed by atoms with Crippen molar-refractivity contribution >= 4 is 15.8 Å². The molecular formula is C13H16N4O2S. The molecule has 3 N–H and O–H groups in total.